The van der Waals surface area contributed by atoms with E-state index in [-0.39, 0.29) is 16.8 Å². The van der Waals surface area contributed by atoms with E-state index in [4.69, 9.17) is 5.26 Å². The van der Waals surface area contributed by atoms with Crippen LogP contribution in [0.25, 0.3) is 0 Å². The molecule has 1 aromatic rings. The van der Waals surface area contributed by atoms with Crippen LogP contribution >= 0.6 is 0 Å². The van der Waals surface area contributed by atoms with Gasteiger partial charge in [0.15, 0.2) is 0 Å². The lowest BCUT2D eigenvalue weighted by Crippen LogP contribution is -2.09. The zero-order valence-electron chi connectivity index (χ0n) is 8.62. The molecule has 0 aromatic carbocycles. The Balaban J connectivity index is 3.41. The molecule has 0 radical (unpaired) electrons. The minimum absolute atomic E-state index is 0.206. The first-order valence-corrected chi connectivity index (χ1v) is 4.29. The van der Waals surface area contributed by atoms with Crippen LogP contribution in [0.5, 0.6) is 0 Å². The second-order valence-electron chi connectivity index (χ2n) is 2.99. The van der Waals surface area contributed by atoms with Crippen LogP contribution in [-0.4, -0.2) is 18.1 Å². The predicted octanol–water partition coefficient (Wildman–Crippen LogP) is 1.99. The summed E-state index contributed by atoms with van der Waals surface area (Å²) >= 11 is 0. The Morgan fingerprint density at radius 2 is 2.25 bits per heavy atom. The van der Waals surface area contributed by atoms with Gasteiger partial charge in [0.2, 0.25) is 0 Å². The number of halogens is 2. The van der Waals surface area contributed by atoms with E-state index in [1.54, 1.807) is 6.07 Å². The van der Waals surface area contributed by atoms with E-state index in [1.807, 2.05) is 0 Å². The van der Waals surface area contributed by atoms with Crippen LogP contribution in [0.1, 0.15) is 33.7 Å². The first-order valence-electron chi connectivity index (χ1n) is 4.29. The summed E-state index contributed by atoms with van der Waals surface area (Å²) in [5.74, 6) is -0.811. The van der Waals surface area contributed by atoms with Crippen molar-refractivity contribution in [1.82, 2.24) is 4.98 Å². The average molecular weight is 226 g/mol. The van der Waals surface area contributed by atoms with Gasteiger partial charge in [0.05, 0.1) is 12.7 Å². The number of rotatable bonds is 2. The van der Waals surface area contributed by atoms with Crippen molar-refractivity contribution in [3.05, 3.63) is 28.6 Å². The maximum atomic E-state index is 12.6. The first kappa shape index (κ1) is 12.0. The monoisotopic (exact) mass is 226 g/mol. The lowest BCUT2D eigenvalue weighted by Gasteiger charge is -2.07. The molecule has 0 unspecified atom stereocenters. The summed E-state index contributed by atoms with van der Waals surface area (Å²) < 4.78 is 29.5. The van der Waals surface area contributed by atoms with E-state index >= 15 is 0 Å². The molecule has 1 heterocycles. The maximum absolute atomic E-state index is 12.6. The molecule has 0 N–H and O–H groups in total. The van der Waals surface area contributed by atoms with Crippen molar-refractivity contribution in [2.24, 2.45) is 0 Å². The fourth-order valence-corrected chi connectivity index (χ4v) is 1.21. The number of nitriles is 1. The maximum Gasteiger partial charge on any atom is 0.356 e. The van der Waals surface area contributed by atoms with Gasteiger partial charge in [-0.25, -0.2) is 18.6 Å². The Kier molecular flexibility index (Phi) is 3.51. The van der Waals surface area contributed by atoms with Crippen molar-refractivity contribution < 1.29 is 18.3 Å². The molecule has 0 aliphatic heterocycles. The number of pyridine rings is 1. The van der Waals surface area contributed by atoms with Crippen LogP contribution in [0.15, 0.2) is 6.07 Å². The molecule has 1 aromatic heterocycles. The number of aryl methyl sites for hydroxylation is 1. The van der Waals surface area contributed by atoms with Gasteiger partial charge < -0.3 is 4.74 Å². The fourth-order valence-electron chi connectivity index (χ4n) is 1.21. The van der Waals surface area contributed by atoms with Crippen molar-refractivity contribution in [3.63, 3.8) is 0 Å². The number of hydrogen-bond donors (Lipinski definition) is 0. The number of carbonyl (C=O) groups is 1. The summed E-state index contributed by atoms with van der Waals surface area (Å²) in [5.41, 5.74) is -0.854. The summed E-state index contributed by atoms with van der Waals surface area (Å²) in [5, 5.41) is 8.70. The minimum atomic E-state index is -2.90. The van der Waals surface area contributed by atoms with E-state index in [0.29, 0.717) is 0 Å². The molecular formula is C10H8F2N2O2. The SMILES string of the molecule is COC(=O)c1cc(C)c(C#N)c(C(F)F)n1. The van der Waals surface area contributed by atoms with Gasteiger partial charge in [0.1, 0.15) is 17.5 Å². The minimum Gasteiger partial charge on any atom is -0.464 e. The molecule has 0 spiro atoms. The second kappa shape index (κ2) is 4.66. The van der Waals surface area contributed by atoms with E-state index in [1.165, 1.54) is 13.0 Å². The van der Waals surface area contributed by atoms with Gasteiger partial charge in [-0.1, -0.05) is 0 Å². The molecule has 84 valence electrons. The van der Waals surface area contributed by atoms with Crippen LogP contribution in [0.4, 0.5) is 8.78 Å². The highest BCUT2D eigenvalue weighted by Gasteiger charge is 2.20. The summed E-state index contributed by atoms with van der Waals surface area (Å²) in [6, 6.07) is 2.88. The molecule has 0 amide bonds. The van der Waals surface area contributed by atoms with Crippen molar-refractivity contribution in [2.75, 3.05) is 7.11 Å². The second-order valence-corrected chi connectivity index (χ2v) is 2.99. The molecule has 4 nitrogen and oxygen atoms in total. The third-order valence-corrected chi connectivity index (χ3v) is 1.96. The summed E-state index contributed by atoms with van der Waals surface area (Å²) in [6.07, 6.45) is -2.90. The van der Waals surface area contributed by atoms with Crippen molar-refractivity contribution in [1.29, 1.82) is 5.26 Å². The van der Waals surface area contributed by atoms with Gasteiger partial charge in [-0.3, -0.25) is 0 Å². The number of hydrogen-bond acceptors (Lipinski definition) is 4. The highest BCUT2D eigenvalue weighted by atomic mass is 19.3. The van der Waals surface area contributed by atoms with Gasteiger partial charge in [-0.2, -0.15) is 5.26 Å². The average Bonchev–Trinajstić information content (AvgIpc) is 2.26. The summed E-state index contributed by atoms with van der Waals surface area (Å²) in [6.45, 7) is 1.46. The Hall–Kier alpha value is -2.03. The smallest absolute Gasteiger partial charge is 0.356 e. The molecule has 0 aliphatic rings. The van der Waals surface area contributed by atoms with Crippen LogP contribution in [0.3, 0.4) is 0 Å². The number of esters is 1. The molecule has 6 heteroatoms. The van der Waals surface area contributed by atoms with Crippen molar-refractivity contribution >= 4 is 5.97 Å². The molecule has 16 heavy (non-hydrogen) atoms. The van der Waals surface area contributed by atoms with Crippen LogP contribution in [0.2, 0.25) is 0 Å². The highest BCUT2D eigenvalue weighted by Crippen LogP contribution is 2.23. The fraction of sp³-hybridized carbons (Fsp3) is 0.300. The van der Waals surface area contributed by atoms with E-state index < -0.39 is 18.1 Å². The molecular weight excluding hydrogens is 218 g/mol. The number of ether oxygens (including phenoxy) is 1. The highest BCUT2D eigenvalue weighted by molar-refractivity contribution is 5.87. The normalized spacial score (nSPS) is 10.0. The topological polar surface area (TPSA) is 63.0 Å². The quantitative estimate of drug-likeness (QED) is 0.723. The van der Waals surface area contributed by atoms with E-state index in [0.717, 1.165) is 7.11 Å². The molecule has 0 bridgehead atoms. The molecule has 0 saturated carbocycles. The Bertz CT molecular complexity index is 467. The largest absolute Gasteiger partial charge is 0.464 e. The molecule has 0 aliphatic carbocycles. The lowest BCUT2D eigenvalue weighted by atomic mass is 10.1. The van der Waals surface area contributed by atoms with Crippen molar-refractivity contribution in [2.45, 2.75) is 13.3 Å². The Morgan fingerprint density at radius 3 is 2.69 bits per heavy atom. The van der Waals surface area contributed by atoms with E-state index in [2.05, 4.69) is 9.72 Å². The summed E-state index contributed by atoms with van der Waals surface area (Å²) in [7, 11) is 1.12. The molecule has 0 atom stereocenters. The van der Waals surface area contributed by atoms with Crippen LogP contribution in [-0.2, 0) is 4.74 Å². The zero-order valence-corrected chi connectivity index (χ0v) is 8.62. The van der Waals surface area contributed by atoms with Gasteiger partial charge >= 0.3 is 5.97 Å². The van der Waals surface area contributed by atoms with Gasteiger partial charge in [-0.15, -0.1) is 0 Å². The van der Waals surface area contributed by atoms with E-state index in [9.17, 15) is 13.6 Å². The third-order valence-electron chi connectivity index (χ3n) is 1.96. The predicted molar refractivity (Wildman–Crippen MR) is 50.0 cm³/mol. The van der Waals surface area contributed by atoms with Crippen molar-refractivity contribution in [3.8, 4) is 6.07 Å². The Labute approximate surface area is 90.5 Å². The van der Waals surface area contributed by atoms with Gasteiger partial charge in [0.25, 0.3) is 6.43 Å². The van der Waals surface area contributed by atoms with Crippen LogP contribution < -0.4 is 0 Å². The summed E-state index contributed by atoms with van der Waals surface area (Å²) in [4.78, 5) is 14.6. The number of nitrogens with zero attached hydrogens (tertiary/aromatic N) is 2. The standard InChI is InChI=1S/C10H8F2N2O2/c1-5-3-7(10(15)16-2)14-8(9(11)12)6(5)4-13/h3,9H,1-2H3. The molecule has 0 saturated heterocycles. The first-order chi connectivity index (χ1) is 7.51. The number of aromatic nitrogens is 1. The Morgan fingerprint density at radius 1 is 1.62 bits per heavy atom. The van der Waals surface area contributed by atoms with Gasteiger partial charge in [-0.05, 0) is 18.6 Å². The van der Waals surface area contributed by atoms with Gasteiger partial charge in [0, 0.05) is 0 Å². The molecule has 1 rings (SSSR count). The molecule has 0 fully saturated rings. The third kappa shape index (κ3) is 2.14. The van der Waals surface area contributed by atoms with Crippen LogP contribution in [0, 0.1) is 18.3 Å². The number of alkyl halides is 2. The lowest BCUT2D eigenvalue weighted by molar-refractivity contribution is 0.0592. The number of carbonyl (C=O) groups excluding carboxylic acids is 1. The number of methoxy groups -OCH3 is 1. The zero-order chi connectivity index (χ0) is 12.3.